The molecule has 1 unspecified atom stereocenters. The molecule has 0 saturated carbocycles. The van der Waals surface area contributed by atoms with Crippen molar-refractivity contribution in [3.8, 4) is 5.88 Å². The second-order valence-corrected chi connectivity index (χ2v) is 4.50. The van der Waals surface area contributed by atoms with Crippen molar-refractivity contribution in [1.29, 1.82) is 0 Å². The lowest BCUT2D eigenvalue weighted by Crippen LogP contribution is -2.11. The molecule has 4 heteroatoms. The first-order valence-corrected chi connectivity index (χ1v) is 6.58. The van der Waals surface area contributed by atoms with Crippen LogP contribution in [0.2, 0.25) is 0 Å². The average molecular weight is 252 g/mol. The van der Waals surface area contributed by atoms with Crippen LogP contribution >= 0.6 is 0 Å². The maximum atomic E-state index is 5.40. The van der Waals surface area contributed by atoms with Crippen molar-refractivity contribution in [3.63, 3.8) is 0 Å². The number of pyridine rings is 1. The first kappa shape index (κ1) is 14.8. The number of hydrogen-bond acceptors (Lipinski definition) is 4. The van der Waals surface area contributed by atoms with Crippen LogP contribution in [0.3, 0.4) is 0 Å². The van der Waals surface area contributed by atoms with Gasteiger partial charge in [-0.3, -0.25) is 0 Å². The van der Waals surface area contributed by atoms with Gasteiger partial charge in [-0.05, 0) is 18.4 Å². The van der Waals surface area contributed by atoms with E-state index < -0.39 is 0 Å². The van der Waals surface area contributed by atoms with Gasteiger partial charge < -0.3 is 14.8 Å². The normalized spacial score (nSPS) is 12.2. The van der Waals surface area contributed by atoms with Crippen LogP contribution in [0.5, 0.6) is 5.88 Å². The molecule has 1 aromatic rings. The Morgan fingerprint density at radius 1 is 1.33 bits per heavy atom. The Balaban J connectivity index is 2.31. The van der Waals surface area contributed by atoms with Crippen LogP contribution in [0.4, 0.5) is 5.69 Å². The number of aromatic nitrogens is 1. The van der Waals surface area contributed by atoms with Crippen molar-refractivity contribution in [3.05, 3.63) is 18.3 Å². The van der Waals surface area contributed by atoms with Crippen molar-refractivity contribution < 1.29 is 9.47 Å². The van der Waals surface area contributed by atoms with Crippen LogP contribution in [-0.4, -0.2) is 31.9 Å². The van der Waals surface area contributed by atoms with E-state index in [0.29, 0.717) is 25.0 Å². The van der Waals surface area contributed by atoms with E-state index in [9.17, 15) is 0 Å². The molecule has 0 spiro atoms. The molecule has 0 amide bonds. The van der Waals surface area contributed by atoms with Gasteiger partial charge in [0.05, 0.1) is 18.5 Å². The minimum absolute atomic E-state index is 0.532. The Labute approximate surface area is 110 Å². The van der Waals surface area contributed by atoms with Crippen LogP contribution in [0.1, 0.15) is 26.7 Å². The quantitative estimate of drug-likeness (QED) is 0.686. The Morgan fingerprint density at radius 3 is 2.78 bits per heavy atom. The molecule has 0 bridgehead atoms. The predicted octanol–water partition coefficient (Wildman–Crippen LogP) is 2.95. The van der Waals surface area contributed by atoms with Gasteiger partial charge in [-0.25, -0.2) is 4.98 Å². The zero-order valence-electron chi connectivity index (χ0n) is 11.6. The smallest absolute Gasteiger partial charge is 0.213 e. The standard InChI is InChI=1S/C14H24N2O2/c1-4-5-12(2)10-15-13-6-7-14(16-11-13)18-9-8-17-3/h6-7,11-12,15H,4-5,8-10H2,1-3H3. The summed E-state index contributed by atoms with van der Waals surface area (Å²) in [5, 5.41) is 3.38. The molecule has 1 aromatic heterocycles. The lowest BCUT2D eigenvalue weighted by molar-refractivity contribution is 0.144. The number of hydrogen-bond donors (Lipinski definition) is 1. The third kappa shape index (κ3) is 5.87. The fraction of sp³-hybridized carbons (Fsp3) is 0.643. The molecule has 102 valence electrons. The number of methoxy groups -OCH3 is 1. The summed E-state index contributed by atoms with van der Waals surface area (Å²) < 4.78 is 10.3. The van der Waals surface area contributed by atoms with Gasteiger partial charge >= 0.3 is 0 Å². The zero-order valence-corrected chi connectivity index (χ0v) is 11.6. The third-order valence-corrected chi connectivity index (χ3v) is 2.71. The fourth-order valence-electron chi connectivity index (χ4n) is 1.69. The lowest BCUT2D eigenvalue weighted by Gasteiger charge is -2.12. The van der Waals surface area contributed by atoms with E-state index in [2.05, 4.69) is 24.1 Å². The summed E-state index contributed by atoms with van der Waals surface area (Å²) in [5.41, 5.74) is 1.04. The summed E-state index contributed by atoms with van der Waals surface area (Å²) in [4.78, 5) is 4.23. The molecule has 0 saturated heterocycles. The third-order valence-electron chi connectivity index (χ3n) is 2.71. The van der Waals surface area contributed by atoms with Gasteiger partial charge in [0, 0.05) is 19.7 Å². The highest BCUT2D eigenvalue weighted by atomic mass is 16.5. The molecule has 1 atom stereocenters. The first-order valence-electron chi connectivity index (χ1n) is 6.58. The number of anilines is 1. The van der Waals surface area contributed by atoms with Crippen molar-refractivity contribution in [2.45, 2.75) is 26.7 Å². The number of ether oxygens (including phenoxy) is 2. The van der Waals surface area contributed by atoms with Crippen LogP contribution in [0.15, 0.2) is 18.3 Å². The van der Waals surface area contributed by atoms with E-state index in [-0.39, 0.29) is 0 Å². The minimum Gasteiger partial charge on any atom is -0.475 e. The van der Waals surface area contributed by atoms with Gasteiger partial charge in [0.15, 0.2) is 0 Å². The summed E-state index contributed by atoms with van der Waals surface area (Å²) in [6, 6.07) is 3.87. The predicted molar refractivity (Wildman–Crippen MR) is 74.2 cm³/mol. The molecule has 0 aliphatic rings. The highest BCUT2D eigenvalue weighted by Gasteiger charge is 2.01. The Bertz CT molecular complexity index is 314. The molecule has 0 fully saturated rings. The molecule has 1 N–H and O–H groups in total. The van der Waals surface area contributed by atoms with Crippen molar-refractivity contribution in [2.24, 2.45) is 5.92 Å². The van der Waals surface area contributed by atoms with E-state index >= 15 is 0 Å². The Hall–Kier alpha value is -1.29. The molecule has 0 aliphatic heterocycles. The van der Waals surface area contributed by atoms with Crippen molar-refractivity contribution in [2.75, 3.05) is 32.2 Å². The molecule has 0 aromatic carbocycles. The Kier molecular flexibility index (Phi) is 7.18. The number of rotatable bonds is 9. The molecular weight excluding hydrogens is 228 g/mol. The minimum atomic E-state index is 0.532. The zero-order chi connectivity index (χ0) is 13.2. The second-order valence-electron chi connectivity index (χ2n) is 4.50. The fourth-order valence-corrected chi connectivity index (χ4v) is 1.69. The molecule has 1 heterocycles. The van der Waals surface area contributed by atoms with E-state index in [1.165, 1.54) is 12.8 Å². The highest BCUT2D eigenvalue weighted by Crippen LogP contribution is 2.13. The number of nitrogens with one attached hydrogen (secondary N) is 1. The second kappa shape index (κ2) is 8.75. The van der Waals surface area contributed by atoms with Crippen LogP contribution in [0.25, 0.3) is 0 Å². The maximum Gasteiger partial charge on any atom is 0.213 e. The van der Waals surface area contributed by atoms with E-state index in [1.807, 2.05) is 12.1 Å². The molecule has 0 radical (unpaired) electrons. The largest absolute Gasteiger partial charge is 0.475 e. The van der Waals surface area contributed by atoms with E-state index in [1.54, 1.807) is 13.3 Å². The molecular formula is C14H24N2O2. The summed E-state index contributed by atoms with van der Waals surface area (Å²) in [5.74, 6) is 1.33. The summed E-state index contributed by atoms with van der Waals surface area (Å²) >= 11 is 0. The van der Waals surface area contributed by atoms with E-state index in [0.717, 1.165) is 12.2 Å². The summed E-state index contributed by atoms with van der Waals surface area (Å²) in [6.07, 6.45) is 4.28. The molecule has 1 rings (SSSR count). The van der Waals surface area contributed by atoms with E-state index in [4.69, 9.17) is 9.47 Å². The van der Waals surface area contributed by atoms with Crippen molar-refractivity contribution in [1.82, 2.24) is 4.98 Å². The molecule has 4 nitrogen and oxygen atoms in total. The lowest BCUT2D eigenvalue weighted by atomic mass is 10.1. The van der Waals surface area contributed by atoms with Gasteiger partial charge in [0.1, 0.15) is 6.61 Å². The van der Waals surface area contributed by atoms with Gasteiger partial charge in [0.25, 0.3) is 0 Å². The maximum absolute atomic E-state index is 5.40. The van der Waals surface area contributed by atoms with Crippen LogP contribution in [-0.2, 0) is 4.74 Å². The Morgan fingerprint density at radius 2 is 2.17 bits per heavy atom. The molecule has 0 aliphatic carbocycles. The topological polar surface area (TPSA) is 43.4 Å². The van der Waals surface area contributed by atoms with Gasteiger partial charge in [0.2, 0.25) is 5.88 Å². The molecule has 18 heavy (non-hydrogen) atoms. The van der Waals surface area contributed by atoms with Gasteiger partial charge in [-0.15, -0.1) is 0 Å². The SMILES string of the molecule is CCCC(C)CNc1ccc(OCCOC)nc1. The monoisotopic (exact) mass is 252 g/mol. The van der Waals surface area contributed by atoms with Gasteiger partial charge in [-0.1, -0.05) is 20.3 Å². The summed E-state index contributed by atoms with van der Waals surface area (Å²) in [7, 11) is 1.65. The van der Waals surface area contributed by atoms with Crippen LogP contribution in [0, 0.1) is 5.92 Å². The number of nitrogens with zero attached hydrogens (tertiary/aromatic N) is 1. The van der Waals surface area contributed by atoms with Crippen LogP contribution < -0.4 is 10.1 Å². The average Bonchev–Trinajstić information content (AvgIpc) is 2.38. The summed E-state index contributed by atoms with van der Waals surface area (Å²) in [6.45, 7) is 6.57. The van der Waals surface area contributed by atoms with Gasteiger partial charge in [-0.2, -0.15) is 0 Å². The van der Waals surface area contributed by atoms with Crippen molar-refractivity contribution >= 4 is 5.69 Å². The first-order chi connectivity index (χ1) is 8.76. The highest BCUT2D eigenvalue weighted by molar-refractivity contribution is 5.41.